The molecule has 1 aliphatic rings. The van der Waals surface area contributed by atoms with Gasteiger partial charge in [-0.25, -0.2) is 18.2 Å². The number of rotatable bonds is 7. The highest BCUT2D eigenvalue weighted by atomic mass is 19.3. The molecule has 2 atom stereocenters. The third kappa shape index (κ3) is 5.09. The van der Waals surface area contributed by atoms with E-state index in [1.54, 1.807) is 13.0 Å². The van der Waals surface area contributed by atoms with E-state index in [9.17, 15) is 18.0 Å². The molecule has 1 aliphatic carbocycles. The molecule has 0 saturated heterocycles. The van der Waals surface area contributed by atoms with Crippen molar-refractivity contribution in [1.82, 2.24) is 25.0 Å². The summed E-state index contributed by atoms with van der Waals surface area (Å²) in [6.07, 6.45) is 4.05. The van der Waals surface area contributed by atoms with Crippen LogP contribution in [0.1, 0.15) is 35.3 Å². The van der Waals surface area contributed by atoms with Gasteiger partial charge in [0.05, 0.1) is 35.5 Å². The number of carbonyl (C=O) groups is 1. The molecule has 0 bridgehead atoms. The number of aryl methyl sites for hydroxylation is 1. The number of aromatic nitrogens is 5. The second-order valence-electron chi connectivity index (χ2n) is 8.25. The minimum absolute atomic E-state index is 0.000837. The van der Waals surface area contributed by atoms with Crippen LogP contribution in [0.15, 0.2) is 30.7 Å². The first-order valence-corrected chi connectivity index (χ1v) is 10.6. The maximum absolute atomic E-state index is 14.7. The van der Waals surface area contributed by atoms with Crippen LogP contribution in [-0.2, 0) is 0 Å². The zero-order valence-corrected chi connectivity index (χ0v) is 18.3. The Labute approximate surface area is 192 Å². The van der Waals surface area contributed by atoms with Crippen LogP contribution in [-0.4, -0.2) is 49.4 Å². The van der Waals surface area contributed by atoms with Gasteiger partial charge >= 0.3 is 0 Å². The molecule has 0 radical (unpaired) electrons. The molecule has 0 aliphatic heterocycles. The summed E-state index contributed by atoms with van der Waals surface area (Å²) in [6.45, 7) is 1.93. The molecule has 2 unspecified atom stereocenters. The van der Waals surface area contributed by atoms with Gasteiger partial charge in [0.2, 0.25) is 5.92 Å². The van der Waals surface area contributed by atoms with Crippen LogP contribution in [0, 0.1) is 18.7 Å². The number of alkyl halides is 2. The summed E-state index contributed by atoms with van der Waals surface area (Å²) < 4.78 is 41.7. The Morgan fingerprint density at radius 2 is 2.00 bits per heavy atom. The van der Waals surface area contributed by atoms with Crippen molar-refractivity contribution >= 4 is 23.2 Å². The fourth-order valence-corrected chi connectivity index (χ4v) is 3.87. The lowest BCUT2D eigenvalue weighted by Gasteiger charge is -2.33. The smallest absolute Gasteiger partial charge is 0.252 e. The van der Waals surface area contributed by atoms with Crippen molar-refractivity contribution in [2.45, 2.75) is 38.2 Å². The first-order valence-electron chi connectivity index (χ1n) is 10.6. The van der Waals surface area contributed by atoms with Gasteiger partial charge < -0.3 is 22.1 Å². The number of hydrogen-bond acceptors (Lipinski definition) is 8. The molecular weight excluding hydrogens is 451 g/mol. The summed E-state index contributed by atoms with van der Waals surface area (Å²) in [6, 6.07) is 1.92. The number of nitrogens with one attached hydrogen (secondary N) is 2. The predicted molar refractivity (Wildman–Crippen MR) is 119 cm³/mol. The summed E-state index contributed by atoms with van der Waals surface area (Å²) in [4.78, 5) is 21.8. The Kier molecular flexibility index (Phi) is 6.37. The molecule has 3 aromatic heterocycles. The van der Waals surface area contributed by atoms with Crippen LogP contribution in [0.4, 0.5) is 30.5 Å². The lowest BCUT2D eigenvalue weighted by atomic mass is 9.83. The Balaban J connectivity index is 1.57. The summed E-state index contributed by atoms with van der Waals surface area (Å²) in [7, 11) is 0. The molecule has 4 rings (SSSR count). The predicted octanol–water partition coefficient (Wildman–Crippen LogP) is 2.52. The topological polar surface area (TPSA) is 150 Å². The maximum Gasteiger partial charge on any atom is 0.252 e. The van der Waals surface area contributed by atoms with Crippen LogP contribution < -0.4 is 22.1 Å². The van der Waals surface area contributed by atoms with Crippen molar-refractivity contribution < 1.29 is 18.0 Å². The van der Waals surface area contributed by atoms with Crippen molar-refractivity contribution in [3.63, 3.8) is 0 Å². The van der Waals surface area contributed by atoms with Crippen molar-refractivity contribution in [3.05, 3.63) is 47.8 Å². The number of nitrogens with two attached hydrogens (primary N) is 2. The Bertz CT molecular complexity index is 1190. The highest BCUT2D eigenvalue weighted by Crippen LogP contribution is 2.36. The Hall–Kier alpha value is -3.74. The summed E-state index contributed by atoms with van der Waals surface area (Å²) in [5.74, 6) is -4.92. The van der Waals surface area contributed by atoms with E-state index in [0.717, 1.165) is 6.07 Å². The number of hydrogen-bond donors (Lipinski definition) is 4. The Morgan fingerprint density at radius 3 is 2.68 bits per heavy atom. The fraction of sp³-hybridized carbons (Fsp3) is 0.381. The van der Waals surface area contributed by atoms with Crippen molar-refractivity contribution in [2.24, 2.45) is 17.4 Å². The molecular formula is C21H24F3N9O. The van der Waals surface area contributed by atoms with Gasteiger partial charge in [0.1, 0.15) is 11.5 Å². The second-order valence-corrected chi connectivity index (χ2v) is 8.25. The van der Waals surface area contributed by atoms with E-state index >= 15 is 0 Å². The number of halogens is 3. The van der Waals surface area contributed by atoms with Gasteiger partial charge in [-0.15, -0.1) is 4.80 Å². The summed E-state index contributed by atoms with van der Waals surface area (Å²) in [5, 5.41) is 13.9. The molecule has 180 valence electrons. The van der Waals surface area contributed by atoms with Gasteiger partial charge in [0.25, 0.3) is 5.91 Å². The standard InChI is InChI=1S/C21H24F3N9O/c1-11-17(33-29-4-5-30-33)6-13(10-27-11)31-19-14(18(26)34)7-15(22)20(32-19)28-9-12-2-3-21(23,24)8-16(12)25/h4-7,10,12,16H,2-3,8-9,25H2,1H3,(H2,26,34)(H2,28,31,32). The molecule has 1 saturated carbocycles. The zero-order chi connectivity index (χ0) is 24.5. The van der Waals surface area contributed by atoms with Gasteiger partial charge in [0, 0.05) is 25.4 Å². The second kappa shape index (κ2) is 9.25. The fourth-order valence-electron chi connectivity index (χ4n) is 3.87. The molecule has 3 aromatic rings. The number of pyridine rings is 2. The van der Waals surface area contributed by atoms with E-state index in [0.29, 0.717) is 17.1 Å². The zero-order valence-electron chi connectivity index (χ0n) is 18.3. The van der Waals surface area contributed by atoms with Crippen molar-refractivity contribution in [1.29, 1.82) is 0 Å². The highest BCUT2D eigenvalue weighted by molar-refractivity contribution is 5.98. The molecule has 13 heteroatoms. The summed E-state index contributed by atoms with van der Waals surface area (Å²) in [5.41, 5.74) is 12.8. The maximum atomic E-state index is 14.7. The van der Waals surface area contributed by atoms with E-state index in [1.807, 2.05) is 0 Å². The van der Waals surface area contributed by atoms with Gasteiger partial charge in [-0.3, -0.25) is 9.78 Å². The highest BCUT2D eigenvalue weighted by Gasteiger charge is 2.39. The third-order valence-corrected chi connectivity index (χ3v) is 5.75. The lowest BCUT2D eigenvalue weighted by Crippen LogP contribution is -2.44. The third-order valence-electron chi connectivity index (χ3n) is 5.75. The van der Waals surface area contributed by atoms with Crippen LogP contribution >= 0.6 is 0 Å². The molecule has 0 aromatic carbocycles. The first kappa shape index (κ1) is 23.4. The Morgan fingerprint density at radius 1 is 1.26 bits per heavy atom. The molecule has 1 fully saturated rings. The molecule has 3 heterocycles. The number of nitrogens with zero attached hydrogens (tertiary/aromatic N) is 5. The van der Waals surface area contributed by atoms with Crippen LogP contribution in [0.25, 0.3) is 5.69 Å². The largest absolute Gasteiger partial charge is 0.367 e. The van der Waals surface area contributed by atoms with E-state index in [-0.39, 0.29) is 42.5 Å². The van der Waals surface area contributed by atoms with E-state index < -0.39 is 30.1 Å². The van der Waals surface area contributed by atoms with Gasteiger partial charge in [-0.2, -0.15) is 10.2 Å². The molecule has 0 spiro atoms. The number of carbonyl (C=O) groups excluding carboxylic acids is 1. The van der Waals surface area contributed by atoms with Gasteiger partial charge in [-0.1, -0.05) is 0 Å². The average molecular weight is 475 g/mol. The normalized spacial score (nSPS) is 19.6. The quantitative estimate of drug-likeness (QED) is 0.407. The van der Waals surface area contributed by atoms with Crippen LogP contribution in [0.2, 0.25) is 0 Å². The van der Waals surface area contributed by atoms with E-state index in [1.165, 1.54) is 23.4 Å². The molecule has 34 heavy (non-hydrogen) atoms. The SMILES string of the molecule is Cc1ncc(Nc2nc(NCC3CCC(F)(F)CC3N)c(F)cc2C(N)=O)cc1-n1nccn1. The minimum atomic E-state index is -2.79. The monoisotopic (exact) mass is 475 g/mol. The van der Waals surface area contributed by atoms with Crippen molar-refractivity contribution in [3.8, 4) is 5.69 Å². The van der Waals surface area contributed by atoms with E-state index in [4.69, 9.17) is 11.5 Å². The number of anilines is 3. The van der Waals surface area contributed by atoms with Crippen molar-refractivity contribution in [2.75, 3.05) is 17.2 Å². The van der Waals surface area contributed by atoms with Gasteiger partial charge in [-0.05, 0) is 31.4 Å². The summed E-state index contributed by atoms with van der Waals surface area (Å²) >= 11 is 0. The van der Waals surface area contributed by atoms with E-state index in [2.05, 4.69) is 30.8 Å². The molecule has 6 N–H and O–H groups in total. The number of amides is 1. The van der Waals surface area contributed by atoms with Gasteiger partial charge in [0.15, 0.2) is 11.6 Å². The lowest BCUT2D eigenvalue weighted by molar-refractivity contribution is -0.0516. The minimum Gasteiger partial charge on any atom is -0.367 e. The first-order chi connectivity index (χ1) is 16.1. The number of primary amides is 1. The average Bonchev–Trinajstić information content (AvgIpc) is 3.30. The van der Waals surface area contributed by atoms with Crippen LogP contribution in [0.5, 0.6) is 0 Å². The molecule has 10 nitrogen and oxygen atoms in total. The van der Waals surface area contributed by atoms with Crippen LogP contribution in [0.3, 0.4) is 0 Å². The molecule has 1 amide bonds.